The van der Waals surface area contributed by atoms with Crippen molar-refractivity contribution in [3.63, 3.8) is 0 Å². The maximum absolute atomic E-state index is 6.55. The van der Waals surface area contributed by atoms with Crippen LogP contribution in [0.1, 0.15) is 45.5 Å². The van der Waals surface area contributed by atoms with Gasteiger partial charge in [0, 0.05) is 24.9 Å². The Morgan fingerprint density at radius 1 is 1.43 bits per heavy atom. The Labute approximate surface area is 133 Å². The molecule has 1 aromatic heterocycles. The molecule has 3 atom stereocenters. The normalized spacial score (nSPS) is 23.7. The van der Waals surface area contributed by atoms with Gasteiger partial charge in [-0.1, -0.05) is 25.4 Å². The highest BCUT2D eigenvalue weighted by Crippen LogP contribution is 2.28. The van der Waals surface area contributed by atoms with Crippen LogP contribution in [0.3, 0.4) is 0 Å². The Morgan fingerprint density at radius 3 is 2.71 bits per heavy atom. The zero-order chi connectivity index (χ0) is 15.4. The number of hydrogen-bond acceptors (Lipinski definition) is 3. The van der Waals surface area contributed by atoms with Gasteiger partial charge in [0.05, 0.1) is 29.1 Å². The number of halogens is 1. The van der Waals surface area contributed by atoms with E-state index in [0.717, 1.165) is 49.7 Å². The van der Waals surface area contributed by atoms with E-state index in [4.69, 9.17) is 16.3 Å². The number of aryl methyl sites for hydroxylation is 2. The second kappa shape index (κ2) is 7.61. The molecule has 1 aliphatic heterocycles. The second-order valence-corrected chi connectivity index (χ2v) is 6.26. The number of nitrogens with zero attached hydrogens (tertiary/aromatic N) is 2. The van der Waals surface area contributed by atoms with Crippen LogP contribution in [0.2, 0.25) is 5.02 Å². The van der Waals surface area contributed by atoms with E-state index in [9.17, 15) is 0 Å². The van der Waals surface area contributed by atoms with Gasteiger partial charge >= 0.3 is 0 Å². The SMILES string of the molecule is CCNC(Cc1c(Cl)c(CC)nn1CC)C1COC(C)C1. The highest BCUT2D eigenvalue weighted by atomic mass is 35.5. The molecule has 1 fully saturated rings. The summed E-state index contributed by atoms with van der Waals surface area (Å²) >= 11 is 6.55. The second-order valence-electron chi connectivity index (χ2n) is 5.88. The molecule has 0 radical (unpaired) electrons. The average Bonchev–Trinajstić information content (AvgIpc) is 3.03. The van der Waals surface area contributed by atoms with E-state index in [1.807, 2.05) is 0 Å². The maximum atomic E-state index is 6.55. The molecule has 1 N–H and O–H groups in total. The molecule has 0 aliphatic carbocycles. The van der Waals surface area contributed by atoms with Crippen molar-refractivity contribution < 1.29 is 4.74 Å². The van der Waals surface area contributed by atoms with Crippen molar-refractivity contribution in [2.75, 3.05) is 13.2 Å². The van der Waals surface area contributed by atoms with Crippen LogP contribution >= 0.6 is 11.6 Å². The Morgan fingerprint density at radius 2 is 2.19 bits per heavy atom. The fourth-order valence-corrected chi connectivity index (χ4v) is 3.57. The van der Waals surface area contributed by atoms with Crippen molar-refractivity contribution in [2.45, 2.75) is 65.6 Å². The first-order valence-corrected chi connectivity index (χ1v) is 8.57. The summed E-state index contributed by atoms with van der Waals surface area (Å²) < 4.78 is 7.81. The van der Waals surface area contributed by atoms with Gasteiger partial charge < -0.3 is 10.1 Å². The lowest BCUT2D eigenvalue weighted by molar-refractivity contribution is 0.117. The molecule has 120 valence electrons. The first-order valence-electron chi connectivity index (χ1n) is 8.19. The lowest BCUT2D eigenvalue weighted by Gasteiger charge is -2.24. The van der Waals surface area contributed by atoms with Gasteiger partial charge in [0.1, 0.15) is 0 Å². The van der Waals surface area contributed by atoms with E-state index in [0.29, 0.717) is 18.1 Å². The van der Waals surface area contributed by atoms with Gasteiger partial charge in [0.15, 0.2) is 0 Å². The predicted octanol–water partition coefficient (Wildman–Crippen LogP) is 3.06. The van der Waals surface area contributed by atoms with E-state index >= 15 is 0 Å². The van der Waals surface area contributed by atoms with Crippen molar-refractivity contribution in [3.8, 4) is 0 Å². The molecular formula is C16H28ClN3O. The average molecular weight is 314 g/mol. The van der Waals surface area contributed by atoms with Crippen LogP contribution in [0.25, 0.3) is 0 Å². The van der Waals surface area contributed by atoms with Gasteiger partial charge in [-0.25, -0.2) is 0 Å². The third-order valence-corrected chi connectivity index (χ3v) is 4.81. The van der Waals surface area contributed by atoms with Crippen molar-refractivity contribution >= 4 is 11.6 Å². The van der Waals surface area contributed by atoms with E-state index < -0.39 is 0 Å². The standard InChI is InChI=1S/C16H28ClN3O/c1-5-13-16(17)15(20(7-3)19-13)9-14(18-6-2)12-8-11(4)21-10-12/h11-12,14,18H,5-10H2,1-4H3. The van der Waals surface area contributed by atoms with Gasteiger partial charge in [-0.3, -0.25) is 4.68 Å². The third kappa shape index (κ3) is 3.79. The molecule has 21 heavy (non-hydrogen) atoms. The van der Waals surface area contributed by atoms with Gasteiger partial charge in [0.2, 0.25) is 0 Å². The van der Waals surface area contributed by atoms with Crippen LogP contribution < -0.4 is 5.32 Å². The van der Waals surface area contributed by atoms with Crippen LogP contribution in [-0.4, -0.2) is 35.1 Å². The Hall–Kier alpha value is -0.580. The molecule has 0 saturated carbocycles. The lowest BCUT2D eigenvalue weighted by Crippen LogP contribution is -2.39. The molecule has 0 amide bonds. The van der Waals surface area contributed by atoms with Crippen molar-refractivity contribution in [1.29, 1.82) is 0 Å². The molecule has 2 heterocycles. The molecule has 1 saturated heterocycles. The summed E-state index contributed by atoms with van der Waals surface area (Å²) in [5.74, 6) is 0.557. The van der Waals surface area contributed by atoms with Crippen LogP contribution in [0.5, 0.6) is 0 Å². The third-order valence-electron chi connectivity index (χ3n) is 4.37. The highest BCUT2D eigenvalue weighted by Gasteiger charge is 2.30. The minimum atomic E-state index is 0.369. The summed E-state index contributed by atoms with van der Waals surface area (Å²) in [4.78, 5) is 0. The summed E-state index contributed by atoms with van der Waals surface area (Å²) in [7, 11) is 0. The number of likely N-dealkylation sites (N-methyl/N-ethyl adjacent to an activating group) is 1. The van der Waals surface area contributed by atoms with E-state index in [-0.39, 0.29) is 0 Å². The highest BCUT2D eigenvalue weighted by molar-refractivity contribution is 6.31. The number of hydrogen-bond donors (Lipinski definition) is 1. The quantitative estimate of drug-likeness (QED) is 0.841. The topological polar surface area (TPSA) is 39.1 Å². The van der Waals surface area contributed by atoms with Crippen LogP contribution in [0.15, 0.2) is 0 Å². The molecule has 0 spiro atoms. The van der Waals surface area contributed by atoms with E-state index in [1.54, 1.807) is 0 Å². The molecule has 2 rings (SSSR count). The van der Waals surface area contributed by atoms with Gasteiger partial charge in [0.25, 0.3) is 0 Å². The first-order chi connectivity index (χ1) is 10.1. The first kappa shape index (κ1) is 16.8. The number of nitrogens with one attached hydrogen (secondary N) is 1. The molecule has 0 bridgehead atoms. The molecule has 3 unspecified atom stereocenters. The molecule has 1 aromatic rings. The van der Waals surface area contributed by atoms with Crippen LogP contribution in [0.4, 0.5) is 0 Å². The predicted molar refractivity (Wildman–Crippen MR) is 87.0 cm³/mol. The summed E-state index contributed by atoms with van der Waals surface area (Å²) in [5, 5.41) is 9.10. The van der Waals surface area contributed by atoms with Gasteiger partial charge in [-0.15, -0.1) is 0 Å². The smallest absolute Gasteiger partial charge is 0.0850 e. The van der Waals surface area contributed by atoms with Gasteiger partial charge in [-0.2, -0.15) is 5.10 Å². The van der Waals surface area contributed by atoms with Crippen molar-refractivity contribution in [3.05, 3.63) is 16.4 Å². The largest absolute Gasteiger partial charge is 0.378 e. The summed E-state index contributed by atoms with van der Waals surface area (Å²) in [6.45, 7) is 11.2. The Bertz CT molecular complexity index is 461. The zero-order valence-electron chi connectivity index (χ0n) is 13.7. The van der Waals surface area contributed by atoms with Crippen LogP contribution in [0, 0.1) is 5.92 Å². The lowest BCUT2D eigenvalue weighted by atomic mass is 9.93. The fourth-order valence-electron chi connectivity index (χ4n) is 3.22. The monoisotopic (exact) mass is 313 g/mol. The fraction of sp³-hybridized carbons (Fsp3) is 0.812. The summed E-state index contributed by atoms with van der Waals surface area (Å²) in [6, 6.07) is 0.407. The minimum Gasteiger partial charge on any atom is -0.378 e. The summed E-state index contributed by atoms with van der Waals surface area (Å²) in [6.07, 6.45) is 3.30. The summed E-state index contributed by atoms with van der Waals surface area (Å²) in [5.41, 5.74) is 2.18. The van der Waals surface area contributed by atoms with E-state index in [2.05, 4.69) is 42.8 Å². The molecule has 4 nitrogen and oxygen atoms in total. The maximum Gasteiger partial charge on any atom is 0.0850 e. The molecule has 0 aromatic carbocycles. The zero-order valence-corrected chi connectivity index (χ0v) is 14.4. The number of ether oxygens (including phenoxy) is 1. The van der Waals surface area contributed by atoms with Crippen molar-refractivity contribution in [2.24, 2.45) is 5.92 Å². The van der Waals surface area contributed by atoms with Crippen molar-refractivity contribution in [1.82, 2.24) is 15.1 Å². The molecule has 1 aliphatic rings. The molecular weight excluding hydrogens is 286 g/mol. The number of aromatic nitrogens is 2. The Balaban J connectivity index is 2.18. The van der Waals surface area contributed by atoms with Gasteiger partial charge in [-0.05, 0) is 33.2 Å². The Kier molecular flexibility index (Phi) is 6.08. The molecule has 5 heteroatoms. The number of rotatable bonds is 7. The van der Waals surface area contributed by atoms with E-state index in [1.165, 1.54) is 5.69 Å². The minimum absolute atomic E-state index is 0.369. The van der Waals surface area contributed by atoms with Crippen LogP contribution in [-0.2, 0) is 24.1 Å².